The SMILES string of the molecule is COCCC(Nc1cccc(C)c1)C(C)C. The van der Waals surface area contributed by atoms with E-state index in [-0.39, 0.29) is 0 Å². The van der Waals surface area contributed by atoms with Gasteiger partial charge in [-0.15, -0.1) is 0 Å². The zero-order chi connectivity index (χ0) is 12.0. The van der Waals surface area contributed by atoms with Crippen LogP contribution in [0, 0.1) is 12.8 Å². The van der Waals surface area contributed by atoms with Gasteiger partial charge in [0.2, 0.25) is 0 Å². The molecule has 0 saturated carbocycles. The third-order valence-corrected chi connectivity index (χ3v) is 2.81. The molecule has 0 aromatic heterocycles. The van der Waals surface area contributed by atoms with E-state index in [4.69, 9.17) is 4.74 Å². The van der Waals surface area contributed by atoms with Crippen LogP contribution in [0.5, 0.6) is 0 Å². The van der Waals surface area contributed by atoms with E-state index in [2.05, 4.69) is 50.4 Å². The molecule has 1 aromatic rings. The van der Waals surface area contributed by atoms with Crippen LogP contribution in [-0.4, -0.2) is 19.8 Å². The van der Waals surface area contributed by atoms with Crippen molar-refractivity contribution in [3.63, 3.8) is 0 Å². The minimum Gasteiger partial charge on any atom is -0.385 e. The summed E-state index contributed by atoms with van der Waals surface area (Å²) in [4.78, 5) is 0. The van der Waals surface area contributed by atoms with Crippen LogP contribution in [-0.2, 0) is 4.74 Å². The largest absolute Gasteiger partial charge is 0.385 e. The van der Waals surface area contributed by atoms with Gasteiger partial charge in [0.25, 0.3) is 0 Å². The Morgan fingerprint density at radius 3 is 2.62 bits per heavy atom. The number of anilines is 1. The fourth-order valence-electron chi connectivity index (χ4n) is 1.77. The third kappa shape index (κ3) is 4.23. The first-order valence-corrected chi connectivity index (χ1v) is 5.95. The number of benzene rings is 1. The summed E-state index contributed by atoms with van der Waals surface area (Å²) in [6.07, 6.45) is 1.04. The summed E-state index contributed by atoms with van der Waals surface area (Å²) in [6.45, 7) is 7.40. The van der Waals surface area contributed by atoms with Gasteiger partial charge in [-0.25, -0.2) is 0 Å². The molecule has 0 spiro atoms. The first-order chi connectivity index (χ1) is 7.63. The van der Waals surface area contributed by atoms with E-state index in [1.54, 1.807) is 7.11 Å². The van der Waals surface area contributed by atoms with Gasteiger partial charge in [-0.3, -0.25) is 0 Å². The van der Waals surface area contributed by atoms with Crippen molar-refractivity contribution in [1.29, 1.82) is 0 Å². The van der Waals surface area contributed by atoms with Crippen LogP contribution >= 0.6 is 0 Å². The maximum atomic E-state index is 5.14. The van der Waals surface area contributed by atoms with E-state index in [9.17, 15) is 0 Å². The van der Waals surface area contributed by atoms with Crippen molar-refractivity contribution in [3.05, 3.63) is 29.8 Å². The fourth-order valence-corrected chi connectivity index (χ4v) is 1.77. The lowest BCUT2D eigenvalue weighted by atomic mass is 10.0. The highest BCUT2D eigenvalue weighted by Crippen LogP contribution is 2.16. The van der Waals surface area contributed by atoms with Crippen molar-refractivity contribution in [3.8, 4) is 0 Å². The lowest BCUT2D eigenvalue weighted by Gasteiger charge is -2.23. The van der Waals surface area contributed by atoms with Crippen LogP contribution < -0.4 is 5.32 Å². The molecule has 0 aliphatic heterocycles. The molecule has 1 N–H and O–H groups in total. The number of nitrogens with one attached hydrogen (secondary N) is 1. The van der Waals surface area contributed by atoms with Gasteiger partial charge in [0.05, 0.1) is 0 Å². The van der Waals surface area contributed by atoms with Crippen LogP contribution in [0.25, 0.3) is 0 Å². The van der Waals surface area contributed by atoms with E-state index < -0.39 is 0 Å². The van der Waals surface area contributed by atoms with E-state index >= 15 is 0 Å². The molecule has 0 saturated heterocycles. The van der Waals surface area contributed by atoms with Gasteiger partial charge < -0.3 is 10.1 Å². The number of hydrogen-bond acceptors (Lipinski definition) is 2. The predicted molar refractivity (Wildman–Crippen MR) is 69.9 cm³/mol. The third-order valence-electron chi connectivity index (χ3n) is 2.81. The highest BCUT2D eigenvalue weighted by atomic mass is 16.5. The fraction of sp³-hybridized carbons (Fsp3) is 0.571. The zero-order valence-electron chi connectivity index (χ0n) is 10.8. The minimum absolute atomic E-state index is 0.474. The first-order valence-electron chi connectivity index (χ1n) is 5.95. The molecule has 0 aliphatic rings. The van der Waals surface area contributed by atoms with Crippen molar-refractivity contribution in [2.75, 3.05) is 19.0 Å². The number of aryl methyl sites for hydroxylation is 1. The van der Waals surface area contributed by atoms with Gasteiger partial charge in [-0.1, -0.05) is 26.0 Å². The average molecular weight is 221 g/mol. The summed E-state index contributed by atoms with van der Waals surface area (Å²) in [5.41, 5.74) is 2.49. The molecule has 0 heterocycles. The molecule has 90 valence electrons. The van der Waals surface area contributed by atoms with Crippen molar-refractivity contribution in [2.45, 2.75) is 33.2 Å². The Morgan fingerprint density at radius 2 is 2.06 bits per heavy atom. The van der Waals surface area contributed by atoms with Crippen LogP contribution in [0.3, 0.4) is 0 Å². The Morgan fingerprint density at radius 1 is 1.31 bits per heavy atom. The Hall–Kier alpha value is -1.02. The van der Waals surface area contributed by atoms with Crippen molar-refractivity contribution >= 4 is 5.69 Å². The van der Waals surface area contributed by atoms with Gasteiger partial charge in [-0.05, 0) is 37.0 Å². The van der Waals surface area contributed by atoms with Gasteiger partial charge in [0.1, 0.15) is 0 Å². The average Bonchev–Trinajstić information content (AvgIpc) is 2.24. The smallest absolute Gasteiger partial charge is 0.0481 e. The van der Waals surface area contributed by atoms with Crippen molar-refractivity contribution in [1.82, 2.24) is 0 Å². The number of hydrogen-bond donors (Lipinski definition) is 1. The number of rotatable bonds is 6. The van der Waals surface area contributed by atoms with Gasteiger partial charge in [0, 0.05) is 25.4 Å². The number of ether oxygens (including phenoxy) is 1. The standard InChI is InChI=1S/C14H23NO/c1-11(2)14(8-9-16-4)15-13-7-5-6-12(3)10-13/h5-7,10-11,14-15H,8-9H2,1-4H3. The van der Waals surface area contributed by atoms with Gasteiger partial charge in [-0.2, -0.15) is 0 Å². The number of methoxy groups -OCH3 is 1. The second kappa shape index (κ2) is 6.54. The molecule has 0 aliphatic carbocycles. The van der Waals surface area contributed by atoms with E-state index in [1.165, 1.54) is 11.3 Å². The molecule has 16 heavy (non-hydrogen) atoms. The molecule has 1 aromatic carbocycles. The summed E-state index contributed by atoms with van der Waals surface area (Å²) in [5, 5.41) is 3.57. The maximum Gasteiger partial charge on any atom is 0.0481 e. The molecule has 0 bridgehead atoms. The van der Waals surface area contributed by atoms with E-state index in [0.717, 1.165) is 13.0 Å². The lowest BCUT2D eigenvalue weighted by molar-refractivity contribution is 0.184. The van der Waals surface area contributed by atoms with Crippen molar-refractivity contribution in [2.24, 2.45) is 5.92 Å². The van der Waals surface area contributed by atoms with Crippen LogP contribution in [0.2, 0.25) is 0 Å². The Balaban J connectivity index is 2.60. The summed E-state index contributed by atoms with van der Waals surface area (Å²) in [5.74, 6) is 0.607. The van der Waals surface area contributed by atoms with Crippen LogP contribution in [0.4, 0.5) is 5.69 Å². The molecule has 2 heteroatoms. The van der Waals surface area contributed by atoms with Crippen molar-refractivity contribution < 1.29 is 4.74 Å². The van der Waals surface area contributed by atoms with E-state index in [1.807, 2.05) is 0 Å². The van der Waals surface area contributed by atoms with Gasteiger partial charge >= 0.3 is 0 Å². The Labute approximate surface area is 99.0 Å². The first kappa shape index (κ1) is 13.0. The summed E-state index contributed by atoms with van der Waals surface area (Å²) >= 11 is 0. The highest BCUT2D eigenvalue weighted by Gasteiger charge is 2.12. The van der Waals surface area contributed by atoms with Crippen LogP contribution in [0.15, 0.2) is 24.3 Å². The normalized spacial score (nSPS) is 12.8. The second-order valence-electron chi connectivity index (χ2n) is 4.65. The molecule has 0 fully saturated rings. The molecule has 1 unspecified atom stereocenters. The monoisotopic (exact) mass is 221 g/mol. The summed E-state index contributed by atoms with van der Waals surface area (Å²) in [7, 11) is 1.75. The summed E-state index contributed by atoms with van der Waals surface area (Å²) in [6, 6.07) is 8.98. The second-order valence-corrected chi connectivity index (χ2v) is 4.65. The van der Waals surface area contributed by atoms with E-state index in [0.29, 0.717) is 12.0 Å². The van der Waals surface area contributed by atoms with Crippen LogP contribution in [0.1, 0.15) is 25.8 Å². The molecule has 2 nitrogen and oxygen atoms in total. The molecule has 0 radical (unpaired) electrons. The topological polar surface area (TPSA) is 21.3 Å². The zero-order valence-corrected chi connectivity index (χ0v) is 10.8. The summed E-state index contributed by atoms with van der Waals surface area (Å²) < 4.78 is 5.14. The lowest BCUT2D eigenvalue weighted by Crippen LogP contribution is -2.27. The molecule has 1 atom stereocenters. The highest BCUT2D eigenvalue weighted by molar-refractivity contribution is 5.46. The molecular weight excluding hydrogens is 198 g/mol. The Bertz CT molecular complexity index is 309. The molecular formula is C14H23NO. The predicted octanol–water partition coefficient (Wildman–Crippen LogP) is 3.47. The molecule has 0 amide bonds. The quantitative estimate of drug-likeness (QED) is 0.794. The minimum atomic E-state index is 0.474. The van der Waals surface area contributed by atoms with Gasteiger partial charge in [0.15, 0.2) is 0 Å². The molecule has 1 rings (SSSR count). The Kier molecular flexibility index (Phi) is 5.33. The maximum absolute atomic E-state index is 5.14.